The van der Waals surface area contributed by atoms with Gasteiger partial charge in [0.25, 0.3) is 5.91 Å². The first kappa shape index (κ1) is 12.0. The van der Waals surface area contributed by atoms with Gasteiger partial charge in [-0.25, -0.2) is 0 Å². The van der Waals surface area contributed by atoms with Gasteiger partial charge in [0.2, 0.25) is 0 Å². The summed E-state index contributed by atoms with van der Waals surface area (Å²) in [5.74, 6) is -0.0680. The second-order valence-electron chi connectivity index (χ2n) is 4.07. The molecule has 5 heteroatoms. The minimum absolute atomic E-state index is 0.0315. The summed E-state index contributed by atoms with van der Waals surface area (Å²) in [7, 11) is 0. The Morgan fingerprint density at radius 3 is 3.00 bits per heavy atom. The Morgan fingerprint density at radius 1 is 1.59 bits per heavy atom. The first-order valence-electron chi connectivity index (χ1n) is 5.80. The van der Waals surface area contributed by atoms with Crippen LogP contribution in [0.2, 0.25) is 0 Å². The molecule has 0 aromatic carbocycles. The second kappa shape index (κ2) is 5.75. The van der Waals surface area contributed by atoms with Gasteiger partial charge in [0.05, 0.1) is 12.6 Å². The number of ether oxygens (including phenoxy) is 1. The predicted molar refractivity (Wildman–Crippen MR) is 63.4 cm³/mol. The molecule has 5 nitrogen and oxygen atoms in total. The van der Waals surface area contributed by atoms with Gasteiger partial charge in [-0.2, -0.15) is 0 Å². The van der Waals surface area contributed by atoms with Crippen LogP contribution >= 0.6 is 0 Å². The van der Waals surface area contributed by atoms with Crippen LogP contribution in [0, 0.1) is 0 Å². The summed E-state index contributed by atoms with van der Waals surface area (Å²) < 4.78 is 5.39. The number of morpholine rings is 1. The third kappa shape index (κ3) is 3.25. The average Bonchev–Trinajstić information content (AvgIpc) is 2.40. The summed E-state index contributed by atoms with van der Waals surface area (Å²) in [5, 5.41) is 6.07. The minimum Gasteiger partial charge on any atom is -0.366 e. The number of hydrogen-bond donors (Lipinski definition) is 2. The van der Waals surface area contributed by atoms with Crippen molar-refractivity contribution in [3.05, 3.63) is 30.1 Å². The van der Waals surface area contributed by atoms with Crippen LogP contribution in [0.4, 0.5) is 0 Å². The van der Waals surface area contributed by atoms with Gasteiger partial charge in [-0.05, 0) is 24.6 Å². The number of amides is 1. The minimum atomic E-state index is -0.381. The van der Waals surface area contributed by atoms with Crippen molar-refractivity contribution in [3.8, 4) is 0 Å². The Hall–Kier alpha value is -1.46. The molecule has 2 rings (SSSR count). The van der Waals surface area contributed by atoms with E-state index >= 15 is 0 Å². The monoisotopic (exact) mass is 235 g/mol. The molecule has 2 heterocycles. The quantitative estimate of drug-likeness (QED) is 0.788. The van der Waals surface area contributed by atoms with Crippen molar-refractivity contribution in [1.29, 1.82) is 0 Å². The highest BCUT2D eigenvalue weighted by Crippen LogP contribution is 2.10. The van der Waals surface area contributed by atoms with Gasteiger partial charge in [-0.1, -0.05) is 0 Å². The average molecular weight is 235 g/mol. The fourth-order valence-corrected chi connectivity index (χ4v) is 1.78. The number of nitrogens with zero attached hydrogens (tertiary/aromatic N) is 1. The lowest BCUT2D eigenvalue weighted by molar-refractivity contribution is -0.134. The van der Waals surface area contributed by atoms with E-state index in [4.69, 9.17) is 4.74 Å². The van der Waals surface area contributed by atoms with Crippen molar-refractivity contribution in [2.24, 2.45) is 0 Å². The summed E-state index contributed by atoms with van der Waals surface area (Å²) >= 11 is 0. The number of carbonyl (C=O) groups excluding carboxylic acids is 1. The molecule has 2 unspecified atom stereocenters. The van der Waals surface area contributed by atoms with Crippen LogP contribution in [0.3, 0.4) is 0 Å². The van der Waals surface area contributed by atoms with Gasteiger partial charge >= 0.3 is 0 Å². The third-order valence-corrected chi connectivity index (χ3v) is 2.78. The summed E-state index contributed by atoms with van der Waals surface area (Å²) in [4.78, 5) is 15.8. The van der Waals surface area contributed by atoms with Gasteiger partial charge < -0.3 is 15.4 Å². The summed E-state index contributed by atoms with van der Waals surface area (Å²) in [6.07, 6.45) is 3.06. The SMILES string of the molecule is CC(NC(=O)C1CNCCO1)c1ccncc1. The lowest BCUT2D eigenvalue weighted by atomic mass is 10.1. The highest BCUT2D eigenvalue weighted by atomic mass is 16.5. The van der Waals surface area contributed by atoms with Crippen molar-refractivity contribution in [2.75, 3.05) is 19.7 Å². The zero-order valence-electron chi connectivity index (χ0n) is 9.85. The molecule has 17 heavy (non-hydrogen) atoms. The molecular weight excluding hydrogens is 218 g/mol. The molecule has 1 amide bonds. The van der Waals surface area contributed by atoms with Crippen molar-refractivity contribution < 1.29 is 9.53 Å². The zero-order chi connectivity index (χ0) is 12.1. The van der Waals surface area contributed by atoms with E-state index in [1.54, 1.807) is 12.4 Å². The topological polar surface area (TPSA) is 63.2 Å². The molecule has 1 aliphatic heterocycles. The fourth-order valence-electron chi connectivity index (χ4n) is 1.78. The Kier molecular flexibility index (Phi) is 4.06. The lowest BCUT2D eigenvalue weighted by Gasteiger charge is -2.24. The van der Waals surface area contributed by atoms with Crippen LogP contribution < -0.4 is 10.6 Å². The van der Waals surface area contributed by atoms with E-state index in [-0.39, 0.29) is 18.1 Å². The maximum atomic E-state index is 11.9. The Morgan fingerprint density at radius 2 is 2.35 bits per heavy atom. The van der Waals surface area contributed by atoms with Gasteiger partial charge in [0.1, 0.15) is 6.10 Å². The molecule has 92 valence electrons. The van der Waals surface area contributed by atoms with E-state index in [1.807, 2.05) is 19.1 Å². The molecule has 1 aromatic heterocycles. The van der Waals surface area contributed by atoms with Gasteiger partial charge in [0.15, 0.2) is 0 Å². The molecular formula is C12H17N3O2. The zero-order valence-corrected chi connectivity index (χ0v) is 9.85. The molecule has 1 saturated heterocycles. The molecule has 0 radical (unpaired) electrons. The molecule has 2 N–H and O–H groups in total. The summed E-state index contributed by atoms with van der Waals surface area (Å²) in [6, 6.07) is 3.76. The van der Waals surface area contributed by atoms with Crippen molar-refractivity contribution in [1.82, 2.24) is 15.6 Å². The Bertz CT molecular complexity index is 363. The van der Waals surface area contributed by atoms with Crippen LogP contribution in [0.5, 0.6) is 0 Å². The number of pyridine rings is 1. The van der Waals surface area contributed by atoms with Gasteiger partial charge in [-0.15, -0.1) is 0 Å². The van der Waals surface area contributed by atoms with E-state index in [2.05, 4.69) is 15.6 Å². The van der Waals surface area contributed by atoms with Crippen molar-refractivity contribution in [3.63, 3.8) is 0 Å². The molecule has 0 aliphatic carbocycles. The number of carbonyl (C=O) groups is 1. The van der Waals surface area contributed by atoms with Crippen LogP contribution in [0.25, 0.3) is 0 Å². The molecule has 0 saturated carbocycles. The molecule has 1 aromatic rings. The van der Waals surface area contributed by atoms with Crippen LogP contribution in [-0.2, 0) is 9.53 Å². The summed E-state index contributed by atoms with van der Waals surface area (Å²) in [5.41, 5.74) is 1.04. The molecule has 1 aliphatic rings. The number of hydrogen-bond acceptors (Lipinski definition) is 4. The first-order chi connectivity index (χ1) is 8.27. The predicted octanol–water partition coefficient (Wildman–Crippen LogP) is 0.247. The third-order valence-electron chi connectivity index (χ3n) is 2.78. The lowest BCUT2D eigenvalue weighted by Crippen LogP contribution is -2.48. The maximum Gasteiger partial charge on any atom is 0.250 e. The van der Waals surface area contributed by atoms with Gasteiger partial charge in [-0.3, -0.25) is 9.78 Å². The first-order valence-corrected chi connectivity index (χ1v) is 5.80. The van der Waals surface area contributed by atoms with Crippen LogP contribution in [-0.4, -0.2) is 36.7 Å². The molecule has 2 atom stereocenters. The number of aromatic nitrogens is 1. The standard InChI is InChI=1S/C12H17N3O2/c1-9(10-2-4-13-5-3-10)15-12(16)11-8-14-6-7-17-11/h2-5,9,11,14H,6-8H2,1H3,(H,15,16). The van der Waals surface area contributed by atoms with Crippen LogP contribution in [0.1, 0.15) is 18.5 Å². The highest BCUT2D eigenvalue weighted by molar-refractivity contribution is 5.81. The van der Waals surface area contributed by atoms with Crippen molar-refractivity contribution in [2.45, 2.75) is 19.1 Å². The van der Waals surface area contributed by atoms with E-state index in [1.165, 1.54) is 0 Å². The Labute approximate surface area is 101 Å². The van der Waals surface area contributed by atoms with Gasteiger partial charge in [0, 0.05) is 25.5 Å². The van der Waals surface area contributed by atoms with Crippen LogP contribution in [0.15, 0.2) is 24.5 Å². The smallest absolute Gasteiger partial charge is 0.250 e. The van der Waals surface area contributed by atoms with E-state index in [9.17, 15) is 4.79 Å². The molecule has 0 bridgehead atoms. The molecule has 0 spiro atoms. The number of nitrogens with one attached hydrogen (secondary N) is 2. The normalized spacial score (nSPS) is 21.8. The maximum absolute atomic E-state index is 11.9. The van der Waals surface area contributed by atoms with Crippen molar-refractivity contribution >= 4 is 5.91 Å². The van der Waals surface area contributed by atoms with E-state index in [0.717, 1.165) is 12.1 Å². The fraction of sp³-hybridized carbons (Fsp3) is 0.500. The second-order valence-corrected chi connectivity index (χ2v) is 4.07. The summed E-state index contributed by atoms with van der Waals surface area (Å²) in [6.45, 7) is 3.92. The molecule has 1 fully saturated rings. The highest BCUT2D eigenvalue weighted by Gasteiger charge is 2.23. The number of rotatable bonds is 3. The van der Waals surface area contributed by atoms with E-state index < -0.39 is 0 Å². The Balaban J connectivity index is 1.89. The largest absolute Gasteiger partial charge is 0.366 e. The van der Waals surface area contributed by atoms with E-state index in [0.29, 0.717) is 13.2 Å².